The van der Waals surface area contributed by atoms with Gasteiger partial charge in [0.15, 0.2) is 0 Å². The minimum atomic E-state index is -0.363. The van der Waals surface area contributed by atoms with Crippen molar-refractivity contribution in [3.63, 3.8) is 0 Å². The molecule has 0 radical (unpaired) electrons. The van der Waals surface area contributed by atoms with E-state index in [2.05, 4.69) is 0 Å². The molecule has 0 unspecified atom stereocenters. The number of aliphatic hydroxyl groups excluding tert-OH is 1. The third-order valence-electron chi connectivity index (χ3n) is 1.25. The van der Waals surface area contributed by atoms with Crippen molar-refractivity contribution in [2.24, 2.45) is 0 Å². The van der Waals surface area contributed by atoms with E-state index in [4.69, 9.17) is 11.6 Å². The first-order chi connectivity index (χ1) is 4.84. The van der Waals surface area contributed by atoms with Gasteiger partial charge in [0.2, 0.25) is 0 Å². The lowest BCUT2D eigenvalue weighted by atomic mass is 10.6. The molecular weight excluding hydrogens is 170 g/mol. The summed E-state index contributed by atoms with van der Waals surface area (Å²) < 4.78 is 0. The molecule has 1 aromatic heterocycles. The summed E-state index contributed by atoms with van der Waals surface area (Å²) in [6.07, 6.45) is 0.278. The molecule has 56 valence electrons. The Bertz CT molecular complexity index is 174. The molecule has 0 aliphatic rings. The van der Waals surface area contributed by atoms with Crippen molar-refractivity contribution >= 4 is 22.9 Å². The summed E-state index contributed by atoms with van der Waals surface area (Å²) in [6.45, 7) is 0. The summed E-state index contributed by atoms with van der Waals surface area (Å²) >= 11 is 7.02. The smallest absolute Gasteiger partial charge is 0.0893 e. The van der Waals surface area contributed by atoms with E-state index in [-0.39, 0.29) is 6.10 Å². The Morgan fingerprint density at radius 2 is 2.50 bits per heavy atom. The molecule has 0 amide bonds. The third-order valence-corrected chi connectivity index (χ3v) is 2.45. The zero-order chi connectivity index (χ0) is 7.40. The van der Waals surface area contributed by atoms with Crippen molar-refractivity contribution < 1.29 is 5.11 Å². The Hall–Kier alpha value is -0.0500. The highest BCUT2D eigenvalue weighted by Crippen LogP contribution is 2.21. The maximum Gasteiger partial charge on any atom is 0.0893 e. The zero-order valence-corrected chi connectivity index (χ0v) is 7.03. The first-order valence-corrected chi connectivity index (χ1v) is 4.53. The number of thiophene rings is 1. The van der Waals surface area contributed by atoms with E-state index in [0.29, 0.717) is 12.3 Å². The van der Waals surface area contributed by atoms with Crippen molar-refractivity contribution in [2.75, 3.05) is 5.88 Å². The molecule has 0 bridgehead atoms. The van der Waals surface area contributed by atoms with Crippen LogP contribution >= 0.6 is 22.9 Å². The highest BCUT2D eigenvalue weighted by atomic mass is 35.5. The van der Waals surface area contributed by atoms with Gasteiger partial charge in [0, 0.05) is 10.8 Å². The highest BCUT2D eigenvalue weighted by Gasteiger charge is 2.05. The first kappa shape index (κ1) is 8.05. The predicted octanol–water partition coefficient (Wildman–Crippen LogP) is 2.41. The van der Waals surface area contributed by atoms with Gasteiger partial charge in [-0.2, -0.15) is 0 Å². The molecule has 3 heteroatoms. The molecule has 0 aliphatic heterocycles. The molecule has 0 spiro atoms. The largest absolute Gasteiger partial charge is 0.388 e. The molecular formula is C7H9ClOS. The van der Waals surface area contributed by atoms with Gasteiger partial charge < -0.3 is 5.11 Å². The SMILES string of the molecule is O[14C@@H](CCCl)c1cccs1. The van der Waals surface area contributed by atoms with E-state index < -0.39 is 0 Å². The van der Waals surface area contributed by atoms with Crippen LogP contribution in [0.2, 0.25) is 0 Å². The van der Waals surface area contributed by atoms with E-state index in [1.54, 1.807) is 11.3 Å². The number of hydrogen-bond acceptors (Lipinski definition) is 2. The van der Waals surface area contributed by atoms with Gasteiger partial charge in [0.05, 0.1) is 6.10 Å². The average molecular weight is 179 g/mol. The summed E-state index contributed by atoms with van der Waals surface area (Å²) in [5.74, 6) is 0.513. The molecule has 1 nitrogen and oxygen atoms in total. The lowest BCUT2D eigenvalue weighted by Crippen LogP contribution is -1.93. The van der Waals surface area contributed by atoms with Crippen molar-refractivity contribution in [3.05, 3.63) is 22.4 Å². The maximum absolute atomic E-state index is 9.34. The van der Waals surface area contributed by atoms with Gasteiger partial charge in [0.25, 0.3) is 0 Å². The summed E-state index contributed by atoms with van der Waals surface area (Å²) in [5.41, 5.74) is 0. The molecule has 0 saturated heterocycles. The maximum atomic E-state index is 9.34. The second kappa shape index (κ2) is 3.96. The molecule has 1 rings (SSSR count). The van der Waals surface area contributed by atoms with Crippen molar-refractivity contribution in [3.8, 4) is 0 Å². The zero-order valence-electron chi connectivity index (χ0n) is 5.46. The summed E-state index contributed by atoms with van der Waals surface area (Å²) in [4.78, 5) is 1.00. The summed E-state index contributed by atoms with van der Waals surface area (Å²) in [5, 5.41) is 11.3. The first-order valence-electron chi connectivity index (χ1n) is 3.12. The number of alkyl halides is 1. The van der Waals surface area contributed by atoms with Gasteiger partial charge in [-0.3, -0.25) is 0 Å². The fourth-order valence-electron chi connectivity index (χ4n) is 0.726. The second-order valence-corrected chi connectivity index (χ2v) is 3.37. The van der Waals surface area contributed by atoms with Gasteiger partial charge in [-0.15, -0.1) is 22.9 Å². The molecule has 0 aliphatic carbocycles. The molecule has 1 aromatic rings. The van der Waals surface area contributed by atoms with Crippen LogP contribution in [0.25, 0.3) is 0 Å². The molecule has 0 saturated carbocycles. The molecule has 1 N–H and O–H groups in total. The Labute approximate surface area is 69.3 Å². The Morgan fingerprint density at radius 1 is 1.70 bits per heavy atom. The molecule has 1 heterocycles. The van der Waals surface area contributed by atoms with Crippen LogP contribution in [-0.4, -0.2) is 11.0 Å². The quantitative estimate of drug-likeness (QED) is 0.705. The normalized spacial score (nSPS) is 13.4. The number of aliphatic hydroxyl groups is 1. The van der Waals surface area contributed by atoms with Gasteiger partial charge in [-0.05, 0) is 17.9 Å². The minimum absolute atomic E-state index is 0.363. The third kappa shape index (κ3) is 1.97. The Kier molecular flexibility index (Phi) is 3.19. The molecule has 10 heavy (non-hydrogen) atoms. The summed E-state index contributed by atoms with van der Waals surface area (Å²) in [7, 11) is 0. The predicted molar refractivity (Wildman–Crippen MR) is 44.6 cm³/mol. The van der Waals surface area contributed by atoms with E-state index in [0.717, 1.165) is 4.88 Å². The van der Waals surface area contributed by atoms with Crippen molar-refractivity contribution in [2.45, 2.75) is 12.5 Å². The number of halogens is 1. The fourth-order valence-corrected chi connectivity index (χ4v) is 1.68. The van der Waals surface area contributed by atoms with Crippen molar-refractivity contribution in [1.82, 2.24) is 0 Å². The number of hydrogen-bond donors (Lipinski definition) is 1. The monoisotopic (exact) mass is 178 g/mol. The van der Waals surface area contributed by atoms with Crippen LogP contribution < -0.4 is 0 Å². The topological polar surface area (TPSA) is 20.2 Å². The van der Waals surface area contributed by atoms with Gasteiger partial charge in [-0.25, -0.2) is 0 Å². The Balaban J connectivity index is 2.50. The van der Waals surface area contributed by atoms with Gasteiger partial charge >= 0.3 is 0 Å². The van der Waals surface area contributed by atoms with Crippen LogP contribution in [0.5, 0.6) is 0 Å². The van der Waals surface area contributed by atoms with Crippen LogP contribution in [-0.2, 0) is 0 Å². The lowest BCUT2D eigenvalue weighted by molar-refractivity contribution is 0.178. The minimum Gasteiger partial charge on any atom is -0.388 e. The molecule has 1 atom stereocenters. The van der Waals surface area contributed by atoms with Crippen LogP contribution in [0.3, 0.4) is 0 Å². The van der Waals surface area contributed by atoms with E-state index in [9.17, 15) is 5.11 Å². The fraction of sp³-hybridized carbons (Fsp3) is 0.429. The van der Waals surface area contributed by atoms with E-state index in [1.165, 1.54) is 0 Å². The molecule has 0 fully saturated rings. The standard InChI is InChI=1S/C7H9ClOS/c8-4-3-6(9)7-2-1-5-10-7/h1-2,5-6,9H,3-4H2/t6-/m0/s1/i6+2. The number of rotatable bonds is 3. The second-order valence-electron chi connectivity index (χ2n) is 2.01. The van der Waals surface area contributed by atoms with Crippen LogP contribution in [0.1, 0.15) is 17.4 Å². The lowest BCUT2D eigenvalue weighted by Gasteiger charge is -2.03. The van der Waals surface area contributed by atoms with Gasteiger partial charge in [0.1, 0.15) is 0 Å². The van der Waals surface area contributed by atoms with Crippen LogP contribution in [0.15, 0.2) is 17.5 Å². The molecule has 0 aromatic carbocycles. The highest BCUT2D eigenvalue weighted by molar-refractivity contribution is 7.10. The van der Waals surface area contributed by atoms with E-state index >= 15 is 0 Å². The van der Waals surface area contributed by atoms with Crippen LogP contribution in [0.4, 0.5) is 0 Å². The Morgan fingerprint density at radius 3 is 3.00 bits per heavy atom. The van der Waals surface area contributed by atoms with Gasteiger partial charge in [-0.1, -0.05) is 6.07 Å². The van der Waals surface area contributed by atoms with E-state index in [1.807, 2.05) is 17.5 Å². The summed E-state index contributed by atoms with van der Waals surface area (Å²) in [6, 6.07) is 3.85. The van der Waals surface area contributed by atoms with Crippen LogP contribution in [0, 0.1) is 0 Å². The average Bonchev–Trinajstić information content (AvgIpc) is 2.38. The van der Waals surface area contributed by atoms with Crippen molar-refractivity contribution in [1.29, 1.82) is 0 Å².